The van der Waals surface area contributed by atoms with Crippen LogP contribution in [-0.4, -0.2) is 16.6 Å². The fourth-order valence-corrected chi connectivity index (χ4v) is 3.42. The zero-order chi connectivity index (χ0) is 14.6. The van der Waals surface area contributed by atoms with Crippen molar-refractivity contribution in [3.05, 3.63) is 28.7 Å². The van der Waals surface area contributed by atoms with Crippen LogP contribution in [-0.2, 0) is 4.79 Å². The molecule has 1 aromatic carbocycles. The first-order valence-electron chi connectivity index (χ1n) is 7.33. The molecule has 0 amide bonds. The highest BCUT2D eigenvalue weighted by molar-refractivity contribution is 9.10. The van der Waals surface area contributed by atoms with E-state index < -0.39 is 11.5 Å². The zero-order valence-electron chi connectivity index (χ0n) is 11.9. The SMILES string of the molecule is CCC1CCCC(Nc2ccccc2Br)(C(=O)O)CC1. The van der Waals surface area contributed by atoms with E-state index in [1.54, 1.807) is 0 Å². The summed E-state index contributed by atoms with van der Waals surface area (Å²) in [6, 6.07) is 7.72. The highest BCUT2D eigenvalue weighted by atomic mass is 79.9. The second-order valence-electron chi connectivity index (χ2n) is 5.70. The van der Waals surface area contributed by atoms with Crippen molar-refractivity contribution in [1.82, 2.24) is 0 Å². The molecule has 2 rings (SSSR count). The lowest BCUT2D eigenvalue weighted by molar-refractivity contribution is -0.142. The van der Waals surface area contributed by atoms with E-state index >= 15 is 0 Å². The van der Waals surface area contributed by atoms with E-state index in [0.29, 0.717) is 18.8 Å². The molecule has 20 heavy (non-hydrogen) atoms. The summed E-state index contributed by atoms with van der Waals surface area (Å²) in [5.41, 5.74) is 0.0400. The Morgan fingerprint density at radius 1 is 1.40 bits per heavy atom. The highest BCUT2D eigenvalue weighted by Crippen LogP contribution is 2.36. The Morgan fingerprint density at radius 2 is 2.15 bits per heavy atom. The Labute approximate surface area is 128 Å². The molecule has 2 atom stereocenters. The van der Waals surface area contributed by atoms with Gasteiger partial charge in [-0.3, -0.25) is 0 Å². The number of aliphatic carboxylic acids is 1. The van der Waals surface area contributed by atoms with Gasteiger partial charge in [0, 0.05) is 10.2 Å². The maximum atomic E-state index is 11.9. The summed E-state index contributed by atoms with van der Waals surface area (Å²) in [6.45, 7) is 2.19. The van der Waals surface area contributed by atoms with Gasteiger partial charge in [0.05, 0.1) is 0 Å². The fourth-order valence-electron chi connectivity index (χ4n) is 3.03. The Kier molecular flexibility index (Phi) is 5.08. The number of hydrogen-bond acceptors (Lipinski definition) is 2. The topological polar surface area (TPSA) is 49.3 Å². The Balaban J connectivity index is 2.22. The summed E-state index contributed by atoms with van der Waals surface area (Å²) in [5, 5.41) is 13.0. The van der Waals surface area contributed by atoms with Crippen molar-refractivity contribution < 1.29 is 9.90 Å². The number of para-hydroxylation sites is 1. The summed E-state index contributed by atoms with van der Waals surface area (Å²) < 4.78 is 0.914. The highest BCUT2D eigenvalue weighted by Gasteiger charge is 2.40. The van der Waals surface area contributed by atoms with Gasteiger partial charge in [-0.05, 0) is 53.2 Å². The predicted octanol–water partition coefficient (Wildman–Crippen LogP) is 4.67. The lowest BCUT2D eigenvalue weighted by Gasteiger charge is -2.31. The van der Waals surface area contributed by atoms with Crippen molar-refractivity contribution in [2.24, 2.45) is 5.92 Å². The third-order valence-electron chi connectivity index (χ3n) is 4.43. The maximum Gasteiger partial charge on any atom is 0.329 e. The summed E-state index contributed by atoms with van der Waals surface area (Å²) in [6.07, 6.45) is 5.64. The number of anilines is 1. The van der Waals surface area contributed by atoms with Crippen molar-refractivity contribution in [2.75, 3.05) is 5.32 Å². The lowest BCUT2D eigenvalue weighted by atomic mass is 9.89. The van der Waals surface area contributed by atoms with Gasteiger partial charge >= 0.3 is 5.97 Å². The van der Waals surface area contributed by atoms with Gasteiger partial charge < -0.3 is 10.4 Å². The third kappa shape index (κ3) is 3.35. The second kappa shape index (κ2) is 6.61. The molecule has 0 bridgehead atoms. The first-order chi connectivity index (χ1) is 9.57. The van der Waals surface area contributed by atoms with Gasteiger partial charge in [-0.1, -0.05) is 38.3 Å². The van der Waals surface area contributed by atoms with Crippen LogP contribution in [0.4, 0.5) is 5.69 Å². The molecule has 0 radical (unpaired) electrons. The molecule has 2 N–H and O–H groups in total. The summed E-state index contributed by atoms with van der Waals surface area (Å²) in [4.78, 5) is 11.9. The Bertz CT molecular complexity index is 477. The quantitative estimate of drug-likeness (QED) is 0.783. The number of nitrogens with one attached hydrogen (secondary N) is 1. The second-order valence-corrected chi connectivity index (χ2v) is 6.55. The molecule has 110 valence electrons. The van der Waals surface area contributed by atoms with E-state index in [1.807, 2.05) is 24.3 Å². The van der Waals surface area contributed by atoms with Crippen LogP contribution in [0.3, 0.4) is 0 Å². The van der Waals surface area contributed by atoms with E-state index in [4.69, 9.17) is 0 Å². The van der Waals surface area contributed by atoms with Crippen LogP contribution in [0.25, 0.3) is 0 Å². The minimum atomic E-state index is -0.826. The number of benzene rings is 1. The van der Waals surface area contributed by atoms with Crippen molar-refractivity contribution in [3.63, 3.8) is 0 Å². The average molecular weight is 340 g/mol. The molecule has 4 heteroatoms. The summed E-state index contributed by atoms with van der Waals surface area (Å²) >= 11 is 3.49. The molecule has 3 nitrogen and oxygen atoms in total. The molecule has 2 unspecified atom stereocenters. The molecule has 0 saturated heterocycles. The number of carbonyl (C=O) groups is 1. The molecule has 0 aromatic heterocycles. The van der Waals surface area contributed by atoms with Crippen LogP contribution in [0.15, 0.2) is 28.7 Å². The number of halogens is 1. The van der Waals surface area contributed by atoms with Gasteiger partial charge in [0.1, 0.15) is 5.54 Å². The Morgan fingerprint density at radius 3 is 2.80 bits per heavy atom. The number of carboxylic acid groups (broad SMARTS) is 1. The fraction of sp³-hybridized carbons (Fsp3) is 0.562. The molecule has 1 aromatic rings. The first-order valence-corrected chi connectivity index (χ1v) is 8.13. The molecule has 0 aliphatic heterocycles. The van der Waals surface area contributed by atoms with Crippen LogP contribution < -0.4 is 5.32 Å². The van der Waals surface area contributed by atoms with Gasteiger partial charge in [0.15, 0.2) is 0 Å². The van der Waals surface area contributed by atoms with Gasteiger partial charge in [0.2, 0.25) is 0 Å². The van der Waals surface area contributed by atoms with E-state index in [-0.39, 0.29) is 0 Å². The van der Waals surface area contributed by atoms with Gasteiger partial charge in [-0.25, -0.2) is 4.79 Å². The average Bonchev–Trinajstić information content (AvgIpc) is 2.65. The van der Waals surface area contributed by atoms with E-state index in [0.717, 1.165) is 35.8 Å². The molecule has 1 aliphatic rings. The Hall–Kier alpha value is -1.03. The van der Waals surface area contributed by atoms with Crippen molar-refractivity contribution in [1.29, 1.82) is 0 Å². The smallest absolute Gasteiger partial charge is 0.329 e. The first kappa shape index (κ1) is 15.4. The standard InChI is InChI=1S/C16H22BrNO2/c1-2-12-6-5-10-16(11-9-12,15(19)20)18-14-8-4-3-7-13(14)17/h3-4,7-8,12,18H,2,5-6,9-11H2,1H3,(H,19,20). The van der Waals surface area contributed by atoms with E-state index in [2.05, 4.69) is 28.2 Å². The molecule has 0 heterocycles. The molecular formula is C16H22BrNO2. The summed E-state index contributed by atoms with van der Waals surface area (Å²) in [5.74, 6) is -0.0674. The number of hydrogen-bond donors (Lipinski definition) is 2. The lowest BCUT2D eigenvalue weighted by Crippen LogP contribution is -2.46. The van der Waals surface area contributed by atoms with Crippen molar-refractivity contribution in [3.8, 4) is 0 Å². The van der Waals surface area contributed by atoms with Crippen LogP contribution in [0.2, 0.25) is 0 Å². The minimum Gasteiger partial charge on any atom is -0.480 e. The number of rotatable bonds is 4. The van der Waals surface area contributed by atoms with Crippen LogP contribution >= 0.6 is 15.9 Å². The van der Waals surface area contributed by atoms with Crippen LogP contribution in [0, 0.1) is 5.92 Å². The van der Waals surface area contributed by atoms with Gasteiger partial charge in [-0.2, -0.15) is 0 Å². The predicted molar refractivity (Wildman–Crippen MR) is 85.0 cm³/mol. The maximum absolute atomic E-state index is 11.9. The molecule has 1 saturated carbocycles. The van der Waals surface area contributed by atoms with E-state index in [9.17, 15) is 9.90 Å². The van der Waals surface area contributed by atoms with Crippen molar-refractivity contribution >= 4 is 27.6 Å². The van der Waals surface area contributed by atoms with Crippen LogP contribution in [0.1, 0.15) is 45.4 Å². The van der Waals surface area contributed by atoms with Gasteiger partial charge in [-0.15, -0.1) is 0 Å². The molecule has 0 spiro atoms. The van der Waals surface area contributed by atoms with Crippen LogP contribution in [0.5, 0.6) is 0 Å². The number of carboxylic acids is 1. The monoisotopic (exact) mass is 339 g/mol. The molecule has 1 fully saturated rings. The van der Waals surface area contributed by atoms with Crippen molar-refractivity contribution in [2.45, 2.75) is 51.0 Å². The third-order valence-corrected chi connectivity index (χ3v) is 5.12. The van der Waals surface area contributed by atoms with Gasteiger partial charge in [0.25, 0.3) is 0 Å². The summed E-state index contributed by atoms with van der Waals surface area (Å²) in [7, 11) is 0. The van der Waals surface area contributed by atoms with E-state index in [1.165, 1.54) is 0 Å². The molecular weight excluding hydrogens is 318 g/mol. The normalized spacial score (nSPS) is 26.8. The molecule has 1 aliphatic carbocycles. The largest absolute Gasteiger partial charge is 0.480 e. The zero-order valence-corrected chi connectivity index (χ0v) is 13.4. The minimum absolute atomic E-state index is 0.664.